The molecule has 1 amide bonds. The maximum absolute atomic E-state index is 12.5. The number of carboxylic acid groups (broad SMARTS) is 1. The summed E-state index contributed by atoms with van der Waals surface area (Å²) in [6.45, 7) is 2.03. The van der Waals surface area contributed by atoms with Gasteiger partial charge in [0.2, 0.25) is 0 Å². The van der Waals surface area contributed by atoms with E-state index < -0.39 is 18.1 Å². The predicted molar refractivity (Wildman–Crippen MR) is 117 cm³/mol. The van der Waals surface area contributed by atoms with Crippen LogP contribution in [0.2, 0.25) is 0 Å². The van der Waals surface area contributed by atoms with E-state index in [0.29, 0.717) is 5.56 Å². The molecule has 4 rings (SSSR count). The van der Waals surface area contributed by atoms with Gasteiger partial charge in [0.25, 0.3) is 0 Å². The number of benzene rings is 3. The second kappa shape index (κ2) is 8.32. The number of carbonyl (C=O) groups excluding carboxylic acids is 1. The number of halogens is 1. The van der Waals surface area contributed by atoms with Crippen LogP contribution < -0.4 is 5.32 Å². The van der Waals surface area contributed by atoms with Crippen LogP contribution in [-0.4, -0.2) is 23.8 Å². The molecule has 0 saturated carbocycles. The quantitative estimate of drug-likeness (QED) is 0.527. The summed E-state index contributed by atoms with van der Waals surface area (Å²) < 4.78 is 6.25. The molecule has 1 atom stereocenters. The van der Waals surface area contributed by atoms with E-state index in [1.54, 1.807) is 18.2 Å². The van der Waals surface area contributed by atoms with Crippen LogP contribution in [0.3, 0.4) is 0 Å². The monoisotopic (exact) mass is 465 g/mol. The van der Waals surface area contributed by atoms with E-state index in [9.17, 15) is 14.7 Å². The number of nitrogens with one attached hydrogen (secondary N) is 1. The number of aryl methyl sites for hydroxylation is 1. The number of carboxylic acids is 1. The summed E-state index contributed by atoms with van der Waals surface area (Å²) in [5.41, 5.74) is 5.91. The van der Waals surface area contributed by atoms with Gasteiger partial charge in [0.1, 0.15) is 6.61 Å². The zero-order chi connectivity index (χ0) is 21.3. The molecule has 0 fully saturated rings. The molecule has 0 spiro atoms. The topological polar surface area (TPSA) is 75.6 Å². The van der Waals surface area contributed by atoms with Crippen LogP contribution in [0.1, 0.15) is 34.2 Å². The first-order chi connectivity index (χ1) is 14.5. The summed E-state index contributed by atoms with van der Waals surface area (Å²) in [7, 11) is 0. The molecule has 0 saturated heterocycles. The van der Waals surface area contributed by atoms with Gasteiger partial charge in [-0.1, -0.05) is 76.6 Å². The molecule has 1 aliphatic rings. The fourth-order valence-corrected chi connectivity index (χ4v) is 4.23. The Bertz CT molecular complexity index is 1080. The molecule has 3 aromatic carbocycles. The van der Waals surface area contributed by atoms with Crippen molar-refractivity contribution in [2.24, 2.45) is 0 Å². The van der Waals surface area contributed by atoms with Gasteiger partial charge in [-0.15, -0.1) is 0 Å². The summed E-state index contributed by atoms with van der Waals surface area (Å²) in [5, 5.41) is 12.1. The maximum atomic E-state index is 12.5. The first-order valence-electron chi connectivity index (χ1n) is 9.56. The van der Waals surface area contributed by atoms with Crippen LogP contribution >= 0.6 is 15.9 Å². The van der Waals surface area contributed by atoms with Crippen LogP contribution in [-0.2, 0) is 9.53 Å². The van der Waals surface area contributed by atoms with Crippen molar-refractivity contribution >= 4 is 28.0 Å². The maximum Gasteiger partial charge on any atom is 0.408 e. The molecule has 0 aromatic heterocycles. The van der Waals surface area contributed by atoms with Crippen molar-refractivity contribution in [3.63, 3.8) is 0 Å². The smallest absolute Gasteiger partial charge is 0.408 e. The standard InChI is InChI=1S/C24H20BrNO4/c1-14-10-11-15(12-21(14)25)22(23(27)28)26-24(29)30-13-20-18-8-4-2-6-16(18)17-7-3-5-9-19(17)20/h2-12,20,22H,13H2,1H3,(H,26,29)(H,27,28). The van der Waals surface area contributed by atoms with E-state index in [1.807, 2.05) is 43.3 Å². The molecule has 1 aliphatic carbocycles. The lowest BCUT2D eigenvalue weighted by Gasteiger charge is -2.18. The fraction of sp³-hybridized carbons (Fsp3) is 0.167. The molecule has 1 unspecified atom stereocenters. The highest BCUT2D eigenvalue weighted by atomic mass is 79.9. The molecule has 0 heterocycles. The minimum atomic E-state index is -1.20. The van der Waals surface area contributed by atoms with Crippen molar-refractivity contribution in [1.82, 2.24) is 5.32 Å². The first-order valence-corrected chi connectivity index (χ1v) is 10.4. The van der Waals surface area contributed by atoms with Gasteiger partial charge in [-0.2, -0.15) is 0 Å². The number of hydrogen-bond acceptors (Lipinski definition) is 3. The summed E-state index contributed by atoms with van der Waals surface area (Å²) in [6, 6.07) is 20.1. The molecule has 6 heteroatoms. The minimum Gasteiger partial charge on any atom is -0.479 e. The number of ether oxygens (including phenoxy) is 1. The van der Waals surface area contributed by atoms with Crippen molar-refractivity contribution in [3.05, 3.63) is 93.5 Å². The Kier molecular flexibility index (Phi) is 5.59. The first kappa shape index (κ1) is 20.2. The van der Waals surface area contributed by atoms with Gasteiger partial charge < -0.3 is 15.2 Å². The van der Waals surface area contributed by atoms with Crippen LogP contribution in [0.5, 0.6) is 0 Å². The number of hydrogen-bond donors (Lipinski definition) is 2. The van der Waals surface area contributed by atoms with Crippen molar-refractivity contribution < 1.29 is 19.4 Å². The van der Waals surface area contributed by atoms with Crippen LogP contribution in [0.25, 0.3) is 11.1 Å². The molecule has 0 aliphatic heterocycles. The highest BCUT2D eigenvalue weighted by Crippen LogP contribution is 2.44. The van der Waals surface area contributed by atoms with E-state index in [-0.39, 0.29) is 12.5 Å². The molecular formula is C24H20BrNO4. The number of amides is 1. The van der Waals surface area contributed by atoms with Crippen LogP contribution in [0.15, 0.2) is 71.2 Å². The van der Waals surface area contributed by atoms with E-state index in [4.69, 9.17) is 4.74 Å². The third kappa shape index (κ3) is 3.83. The summed E-state index contributed by atoms with van der Waals surface area (Å²) >= 11 is 3.40. The molecule has 152 valence electrons. The Morgan fingerprint density at radius 2 is 1.63 bits per heavy atom. The number of carbonyl (C=O) groups is 2. The Morgan fingerprint density at radius 3 is 2.20 bits per heavy atom. The van der Waals surface area contributed by atoms with Gasteiger partial charge in [-0.05, 0) is 46.4 Å². The molecule has 0 radical (unpaired) electrons. The Hall–Kier alpha value is -3.12. The number of rotatable bonds is 5. The summed E-state index contributed by atoms with van der Waals surface area (Å²) in [6.07, 6.45) is -0.763. The average molecular weight is 466 g/mol. The molecule has 30 heavy (non-hydrogen) atoms. The van der Waals surface area contributed by atoms with Gasteiger partial charge in [-0.3, -0.25) is 0 Å². The van der Waals surface area contributed by atoms with Crippen molar-refractivity contribution in [1.29, 1.82) is 0 Å². The Labute approximate surface area is 182 Å². The van der Waals surface area contributed by atoms with Gasteiger partial charge >= 0.3 is 12.1 Å². The Balaban J connectivity index is 1.49. The van der Waals surface area contributed by atoms with Gasteiger partial charge in [0.15, 0.2) is 6.04 Å². The van der Waals surface area contributed by atoms with Gasteiger partial charge in [0, 0.05) is 10.4 Å². The van der Waals surface area contributed by atoms with Crippen molar-refractivity contribution in [2.45, 2.75) is 18.9 Å². The van der Waals surface area contributed by atoms with E-state index in [0.717, 1.165) is 32.3 Å². The second-order valence-electron chi connectivity index (χ2n) is 7.25. The highest BCUT2D eigenvalue weighted by molar-refractivity contribution is 9.10. The van der Waals surface area contributed by atoms with E-state index in [2.05, 4.69) is 33.4 Å². The SMILES string of the molecule is Cc1ccc(C(NC(=O)OCC2c3ccccc3-c3ccccc32)C(=O)O)cc1Br. The second-order valence-corrected chi connectivity index (χ2v) is 8.10. The third-order valence-corrected chi connectivity index (χ3v) is 6.24. The Morgan fingerprint density at radius 1 is 1.03 bits per heavy atom. The van der Waals surface area contributed by atoms with E-state index in [1.165, 1.54) is 0 Å². The van der Waals surface area contributed by atoms with Crippen molar-refractivity contribution in [3.8, 4) is 11.1 Å². The largest absolute Gasteiger partial charge is 0.479 e. The minimum absolute atomic E-state index is 0.0834. The normalized spacial score (nSPS) is 13.3. The van der Waals surface area contributed by atoms with Gasteiger partial charge in [0.05, 0.1) is 0 Å². The van der Waals surface area contributed by atoms with Crippen LogP contribution in [0, 0.1) is 6.92 Å². The zero-order valence-corrected chi connectivity index (χ0v) is 17.8. The molecule has 3 aromatic rings. The van der Waals surface area contributed by atoms with Crippen molar-refractivity contribution in [2.75, 3.05) is 6.61 Å². The predicted octanol–water partition coefficient (Wildman–Crippen LogP) is 5.42. The van der Waals surface area contributed by atoms with E-state index >= 15 is 0 Å². The molecule has 0 bridgehead atoms. The third-order valence-electron chi connectivity index (χ3n) is 5.38. The summed E-state index contributed by atoms with van der Waals surface area (Å²) in [5.74, 6) is -1.24. The number of aliphatic carboxylic acids is 1. The molecule has 2 N–H and O–H groups in total. The van der Waals surface area contributed by atoms with Gasteiger partial charge in [-0.25, -0.2) is 9.59 Å². The van der Waals surface area contributed by atoms with Crippen LogP contribution in [0.4, 0.5) is 4.79 Å². The summed E-state index contributed by atoms with van der Waals surface area (Å²) in [4.78, 5) is 24.2. The number of fused-ring (bicyclic) bond motifs is 3. The fourth-order valence-electron chi connectivity index (χ4n) is 3.83. The molecule has 5 nitrogen and oxygen atoms in total. The highest BCUT2D eigenvalue weighted by Gasteiger charge is 2.30. The molecular weight excluding hydrogens is 446 g/mol. The lowest BCUT2D eigenvalue weighted by atomic mass is 9.98. The lowest BCUT2D eigenvalue weighted by Crippen LogP contribution is -2.34. The zero-order valence-electron chi connectivity index (χ0n) is 16.3. The average Bonchev–Trinajstić information content (AvgIpc) is 3.06. The number of alkyl carbamates (subject to hydrolysis) is 1. The lowest BCUT2D eigenvalue weighted by molar-refractivity contribution is -0.139.